The van der Waals surface area contributed by atoms with Crippen LogP contribution in [0.2, 0.25) is 0 Å². The number of thioether (sulfide) groups is 1. The summed E-state index contributed by atoms with van der Waals surface area (Å²) in [4.78, 5) is 37.3. The van der Waals surface area contributed by atoms with Crippen LogP contribution in [0.1, 0.15) is 36.2 Å². The topological polar surface area (TPSA) is 103 Å². The number of pyridine rings is 1. The third kappa shape index (κ3) is 3.49. The SMILES string of the molecule is O=C1CSC2(CCC(C(=O)c3cc(-c4ccncc4)n(-c4cnccn4)n3)CC2)N1. The van der Waals surface area contributed by atoms with Crippen LogP contribution in [-0.2, 0) is 4.79 Å². The average molecular weight is 420 g/mol. The second-order valence-electron chi connectivity index (χ2n) is 7.60. The molecule has 2 aliphatic rings. The summed E-state index contributed by atoms with van der Waals surface area (Å²) >= 11 is 1.67. The van der Waals surface area contributed by atoms with Gasteiger partial charge in [0.1, 0.15) is 5.69 Å². The Hall–Kier alpha value is -3.07. The number of amides is 1. The normalized spacial score (nSPS) is 23.5. The molecule has 0 radical (unpaired) electrons. The van der Waals surface area contributed by atoms with E-state index in [1.807, 2.05) is 18.2 Å². The number of carbonyl (C=O) groups is 2. The molecule has 1 N–H and O–H groups in total. The average Bonchev–Trinajstić information content (AvgIpc) is 3.39. The van der Waals surface area contributed by atoms with E-state index < -0.39 is 0 Å². The molecule has 1 saturated carbocycles. The highest BCUT2D eigenvalue weighted by Crippen LogP contribution is 2.43. The van der Waals surface area contributed by atoms with Crippen molar-refractivity contribution in [2.45, 2.75) is 30.6 Å². The summed E-state index contributed by atoms with van der Waals surface area (Å²) in [7, 11) is 0. The number of carbonyl (C=O) groups excluding carboxylic acids is 2. The highest BCUT2D eigenvalue weighted by molar-refractivity contribution is 8.01. The maximum Gasteiger partial charge on any atom is 0.231 e. The summed E-state index contributed by atoms with van der Waals surface area (Å²) < 4.78 is 1.66. The first-order chi connectivity index (χ1) is 14.6. The standard InChI is InChI=1S/C21H20N6O2S/c28-19-13-30-21(25-19)5-1-15(2-6-21)20(29)16-11-17(14-3-7-22-8-4-14)27(26-16)18-12-23-9-10-24-18/h3-4,7-12,15H,1-2,5-6,13H2,(H,25,28). The van der Waals surface area contributed by atoms with Crippen LogP contribution in [-0.4, -0.2) is 47.0 Å². The van der Waals surface area contributed by atoms with Crippen molar-refractivity contribution in [1.82, 2.24) is 30.0 Å². The number of Topliss-reactive ketones (excluding diaryl/α,β-unsaturated/α-hetero) is 1. The summed E-state index contributed by atoms with van der Waals surface area (Å²) in [6.07, 6.45) is 11.3. The Labute approximate surface area is 177 Å². The van der Waals surface area contributed by atoms with Gasteiger partial charge in [-0.3, -0.25) is 19.6 Å². The largest absolute Gasteiger partial charge is 0.341 e. The number of nitrogens with zero attached hydrogens (tertiary/aromatic N) is 5. The van der Waals surface area contributed by atoms with Gasteiger partial charge in [-0.25, -0.2) is 9.67 Å². The Balaban J connectivity index is 1.43. The molecule has 1 saturated heterocycles. The van der Waals surface area contributed by atoms with E-state index in [9.17, 15) is 9.59 Å². The van der Waals surface area contributed by atoms with Gasteiger partial charge in [0, 0.05) is 36.3 Å². The lowest BCUT2D eigenvalue weighted by molar-refractivity contribution is -0.119. The number of hydrogen-bond donors (Lipinski definition) is 1. The summed E-state index contributed by atoms with van der Waals surface area (Å²) in [6.45, 7) is 0. The van der Waals surface area contributed by atoms with E-state index in [4.69, 9.17) is 0 Å². The van der Waals surface area contributed by atoms with Crippen molar-refractivity contribution < 1.29 is 9.59 Å². The summed E-state index contributed by atoms with van der Waals surface area (Å²) in [6, 6.07) is 5.58. The monoisotopic (exact) mass is 420 g/mol. The van der Waals surface area contributed by atoms with E-state index in [0.717, 1.165) is 36.9 Å². The van der Waals surface area contributed by atoms with E-state index in [1.54, 1.807) is 47.4 Å². The molecular weight excluding hydrogens is 400 g/mol. The summed E-state index contributed by atoms with van der Waals surface area (Å²) in [5.41, 5.74) is 2.10. The van der Waals surface area contributed by atoms with Gasteiger partial charge in [0.25, 0.3) is 0 Å². The van der Waals surface area contributed by atoms with Crippen LogP contribution in [0, 0.1) is 5.92 Å². The number of ketones is 1. The van der Waals surface area contributed by atoms with E-state index >= 15 is 0 Å². The maximum atomic E-state index is 13.3. The highest BCUT2D eigenvalue weighted by atomic mass is 32.2. The van der Waals surface area contributed by atoms with E-state index in [0.29, 0.717) is 17.3 Å². The van der Waals surface area contributed by atoms with Crippen LogP contribution in [0.4, 0.5) is 0 Å². The van der Waals surface area contributed by atoms with Crippen molar-refractivity contribution in [3.05, 3.63) is 54.9 Å². The van der Waals surface area contributed by atoms with Gasteiger partial charge in [0.05, 0.1) is 22.5 Å². The minimum absolute atomic E-state index is 0.0390. The molecule has 30 heavy (non-hydrogen) atoms. The third-order valence-corrected chi connectivity index (χ3v) is 7.18. The minimum atomic E-state index is -0.185. The van der Waals surface area contributed by atoms with Crippen molar-refractivity contribution in [3.8, 4) is 17.1 Å². The molecule has 3 aromatic heterocycles. The molecule has 2 fully saturated rings. The van der Waals surface area contributed by atoms with Gasteiger partial charge in [-0.2, -0.15) is 5.10 Å². The first-order valence-electron chi connectivity index (χ1n) is 9.90. The smallest absolute Gasteiger partial charge is 0.231 e. The summed E-state index contributed by atoms with van der Waals surface area (Å²) in [5, 5.41) is 7.70. The summed E-state index contributed by atoms with van der Waals surface area (Å²) in [5.74, 6) is 1.10. The molecule has 5 rings (SSSR count). The molecule has 0 aromatic carbocycles. The lowest BCUT2D eigenvalue weighted by Crippen LogP contribution is -2.43. The molecule has 8 nitrogen and oxygen atoms in total. The Morgan fingerprint density at radius 3 is 2.60 bits per heavy atom. The number of nitrogens with one attached hydrogen (secondary N) is 1. The Morgan fingerprint density at radius 1 is 1.13 bits per heavy atom. The fourth-order valence-corrected chi connectivity index (χ4v) is 5.35. The molecule has 0 unspecified atom stereocenters. The molecule has 4 heterocycles. The predicted molar refractivity (Wildman–Crippen MR) is 112 cm³/mol. The zero-order chi connectivity index (χ0) is 20.6. The van der Waals surface area contributed by atoms with Gasteiger partial charge in [-0.1, -0.05) is 0 Å². The minimum Gasteiger partial charge on any atom is -0.341 e. The van der Waals surface area contributed by atoms with Gasteiger partial charge >= 0.3 is 0 Å². The first kappa shape index (κ1) is 18.9. The second-order valence-corrected chi connectivity index (χ2v) is 8.95. The van der Waals surface area contributed by atoms with Gasteiger partial charge in [0.15, 0.2) is 11.6 Å². The first-order valence-corrected chi connectivity index (χ1v) is 10.9. The van der Waals surface area contributed by atoms with Crippen LogP contribution in [0.15, 0.2) is 49.2 Å². The lowest BCUT2D eigenvalue weighted by atomic mass is 9.82. The number of rotatable bonds is 4. The van der Waals surface area contributed by atoms with Crippen LogP contribution < -0.4 is 5.32 Å². The molecule has 1 spiro atoms. The van der Waals surface area contributed by atoms with Crippen LogP contribution in [0.25, 0.3) is 17.1 Å². The van der Waals surface area contributed by atoms with Gasteiger partial charge in [-0.05, 0) is 43.9 Å². The predicted octanol–water partition coefficient (Wildman–Crippen LogP) is 2.66. The van der Waals surface area contributed by atoms with Crippen molar-refractivity contribution in [1.29, 1.82) is 0 Å². The molecule has 0 atom stereocenters. The van der Waals surface area contributed by atoms with Crippen LogP contribution in [0.5, 0.6) is 0 Å². The number of hydrogen-bond acceptors (Lipinski definition) is 7. The van der Waals surface area contributed by atoms with Crippen LogP contribution in [0.3, 0.4) is 0 Å². The zero-order valence-electron chi connectivity index (χ0n) is 16.2. The third-order valence-electron chi connectivity index (χ3n) is 5.72. The Bertz CT molecular complexity index is 1020. The Kier molecular flexibility index (Phi) is 4.82. The zero-order valence-corrected chi connectivity index (χ0v) is 17.0. The second kappa shape index (κ2) is 7.64. The molecule has 0 bridgehead atoms. The molecular formula is C21H20N6O2S. The molecule has 3 aromatic rings. The van der Waals surface area contributed by atoms with Gasteiger partial charge < -0.3 is 5.32 Å². The molecule has 1 amide bonds. The molecule has 9 heteroatoms. The van der Waals surface area contributed by atoms with E-state index in [2.05, 4.69) is 25.4 Å². The quantitative estimate of drug-likeness (QED) is 0.647. The Morgan fingerprint density at radius 2 is 1.93 bits per heavy atom. The maximum absolute atomic E-state index is 13.3. The molecule has 1 aliphatic heterocycles. The highest BCUT2D eigenvalue weighted by Gasteiger charge is 2.43. The van der Waals surface area contributed by atoms with E-state index in [1.165, 1.54) is 0 Å². The lowest BCUT2D eigenvalue weighted by Gasteiger charge is -2.35. The van der Waals surface area contributed by atoms with Crippen molar-refractivity contribution in [3.63, 3.8) is 0 Å². The fraction of sp³-hybridized carbons (Fsp3) is 0.333. The van der Waals surface area contributed by atoms with Crippen molar-refractivity contribution in [2.75, 3.05) is 5.75 Å². The van der Waals surface area contributed by atoms with E-state index in [-0.39, 0.29) is 22.5 Å². The van der Waals surface area contributed by atoms with Crippen LogP contribution >= 0.6 is 11.8 Å². The molecule has 152 valence electrons. The van der Waals surface area contributed by atoms with Gasteiger partial charge in [-0.15, -0.1) is 11.8 Å². The molecule has 1 aliphatic carbocycles. The number of aromatic nitrogens is 5. The fourth-order valence-electron chi connectivity index (χ4n) is 4.16. The van der Waals surface area contributed by atoms with Gasteiger partial charge in [0.2, 0.25) is 5.91 Å². The van der Waals surface area contributed by atoms with Crippen molar-refractivity contribution >= 4 is 23.5 Å². The van der Waals surface area contributed by atoms with Crippen molar-refractivity contribution in [2.24, 2.45) is 5.92 Å².